The molecule has 0 saturated heterocycles. The Morgan fingerprint density at radius 3 is 2.70 bits per heavy atom. The van der Waals surface area contributed by atoms with Gasteiger partial charge in [-0.3, -0.25) is 4.68 Å². The number of halogens is 2. The summed E-state index contributed by atoms with van der Waals surface area (Å²) in [6.07, 6.45) is 1.59. The van der Waals surface area contributed by atoms with Crippen molar-refractivity contribution in [2.75, 3.05) is 14.2 Å². The van der Waals surface area contributed by atoms with Gasteiger partial charge in [0.25, 0.3) is 0 Å². The molecule has 1 unspecified atom stereocenters. The monoisotopic (exact) mass is 281 g/mol. The zero-order valence-electron chi connectivity index (χ0n) is 11.7. The molecule has 20 heavy (non-hydrogen) atoms. The van der Waals surface area contributed by atoms with E-state index in [4.69, 9.17) is 4.74 Å². The fraction of sp³-hybridized carbons (Fsp3) is 0.357. The van der Waals surface area contributed by atoms with Gasteiger partial charge in [-0.05, 0) is 20.0 Å². The Bertz CT molecular complexity index is 577. The minimum atomic E-state index is -0.602. The first kappa shape index (κ1) is 14.5. The maximum Gasteiger partial charge on any atom is 0.161 e. The second-order valence-electron chi connectivity index (χ2n) is 4.30. The highest BCUT2D eigenvalue weighted by Crippen LogP contribution is 2.31. The van der Waals surface area contributed by atoms with Gasteiger partial charge in [-0.2, -0.15) is 5.10 Å². The van der Waals surface area contributed by atoms with Gasteiger partial charge in [0.15, 0.2) is 5.75 Å². The number of rotatable bonds is 5. The van der Waals surface area contributed by atoms with Crippen molar-refractivity contribution in [3.05, 3.63) is 47.3 Å². The van der Waals surface area contributed by atoms with E-state index < -0.39 is 17.7 Å². The molecule has 1 heterocycles. The van der Waals surface area contributed by atoms with Crippen molar-refractivity contribution in [2.45, 2.75) is 19.5 Å². The second-order valence-corrected chi connectivity index (χ2v) is 4.30. The van der Waals surface area contributed by atoms with Crippen molar-refractivity contribution in [1.82, 2.24) is 15.1 Å². The second kappa shape index (κ2) is 6.00. The SMILES string of the molecule is CCn1ncc(OC)c1C(NC)c1ccc(F)cc1F. The summed E-state index contributed by atoms with van der Waals surface area (Å²) in [7, 11) is 3.24. The molecular weight excluding hydrogens is 264 g/mol. The molecule has 0 aliphatic carbocycles. The van der Waals surface area contributed by atoms with Crippen molar-refractivity contribution in [2.24, 2.45) is 0 Å². The van der Waals surface area contributed by atoms with Gasteiger partial charge < -0.3 is 10.1 Å². The molecule has 0 spiro atoms. The zero-order valence-corrected chi connectivity index (χ0v) is 11.7. The molecular formula is C14H17F2N3O. The quantitative estimate of drug-likeness (QED) is 0.915. The lowest BCUT2D eigenvalue weighted by atomic mass is 10.0. The Balaban J connectivity index is 2.54. The van der Waals surface area contributed by atoms with Crippen LogP contribution >= 0.6 is 0 Å². The molecule has 0 fully saturated rings. The van der Waals surface area contributed by atoms with Crippen molar-refractivity contribution < 1.29 is 13.5 Å². The number of benzene rings is 1. The first-order chi connectivity index (χ1) is 9.62. The summed E-state index contributed by atoms with van der Waals surface area (Å²) in [5.74, 6) is -0.637. The van der Waals surface area contributed by atoms with Crippen LogP contribution in [0.2, 0.25) is 0 Å². The lowest BCUT2D eigenvalue weighted by molar-refractivity contribution is 0.399. The zero-order chi connectivity index (χ0) is 14.7. The summed E-state index contributed by atoms with van der Waals surface area (Å²) < 4.78 is 34.0. The summed E-state index contributed by atoms with van der Waals surface area (Å²) in [6.45, 7) is 2.56. The van der Waals surface area contributed by atoms with Crippen LogP contribution in [0.5, 0.6) is 5.75 Å². The highest BCUT2D eigenvalue weighted by molar-refractivity contribution is 5.37. The van der Waals surface area contributed by atoms with Crippen molar-refractivity contribution in [3.63, 3.8) is 0 Å². The number of ether oxygens (including phenoxy) is 1. The molecule has 1 atom stereocenters. The fourth-order valence-electron chi connectivity index (χ4n) is 2.25. The van der Waals surface area contributed by atoms with Gasteiger partial charge in [0.1, 0.15) is 17.3 Å². The standard InChI is InChI=1S/C14H17F2N3O/c1-4-19-14(12(20-3)8-18-19)13(17-2)10-6-5-9(15)7-11(10)16/h5-8,13,17H,4H2,1-3H3. The van der Waals surface area contributed by atoms with Gasteiger partial charge in [-0.15, -0.1) is 0 Å². The van der Waals surface area contributed by atoms with Crippen molar-refractivity contribution in [1.29, 1.82) is 0 Å². The van der Waals surface area contributed by atoms with Gasteiger partial charge in [-0.1, -0.05) is 6.07 Å². The Kier molecular flexibility index (Phi) is 4.34. The number of hydrogen-bond acceptors (Lipinski definition) is 3. The normalized spacial score (nSPS) is 12.4. The van der Waals surface area contributed by atoms with E-state index in [0.29, 0.717) is 23.6 Å². The van der Waals surface area contributed by atoms with Crippen LogP contribution < -0.4 is 10.1 Å². The number of nitrogens with one attached hydrogen (secondary N) is 1. The topological polar surface area (TPSA) is 39.1 Å². The van der Waals surface area contributed by atoms with E-state index >= 15 is 0 Å². The Morgan fingerprint density at radius 2 is 2.15 bits per heavy atom. The number of aryl methyl sites for hydroxylation is 1. The van der Waals surface area contributed by atoms with Crippen molar-refractivity contribution >= 4 is 0 Å². The summed E-state index contributed by atoms with van der Waals surface area (Å²) >= 11 is 0. The van der Waals surface area contributed by atoms with Crippen LogP contribution in [0.15, 0.2) is 24.4 Å². The Labute approximate surface area is 116 Å². The minimum absolute atomic E-state index is 0.349. The molecule has 0 aliphatic rings. The number of hydrogen-bond donors (Lipinski definition) is 1. The summed E-state index contributed by atoms with van der Waals surface area (Å²) in [4.78, 5) is 0. The minimum Gasteiger partial charge on any atom is -0.493 e. The van der Waals surface area contributed by atoms with Crippen LogP contribution in [0.25, 0.3) is 0 Å². The number of aromatic nitrogens is 2. The van der Waals surface area contributed by atoms with Gasteiger partial charge in [0.2, 0.25) is 0 Å². The predicted molar refractivity (Wildman–Crippen MR) is 71.7 cm³/mol. The van der Waals surface area contributed by atoms with Crippen LogP contribution in [0.4, 0.5) is 8.78 Å². The molecule has 0 saturated carbocycles. The fourth-order valence-corrected chi connectivity index (χ4v) is 2.25. The van der Waals surface area contributed by atoms with Crippen LogP contribution in [-0.4, -0.2) is 23.9 Å². The molecule has 0 bridgehead atoms. The Hall–Kier alpha value is -1.95. The highest BCUT2D eigenvalue weighted by atomic mass is 19.1. The average Bonchev–Trinajstić information content (AvgIpc) is 2.85. The highest BCUT2D eigenvalue weighted by Gasteiger charge is 2.24. The van der Waals surface area contributed by atoms with Crippen LogP contribution in [0, 0.1) is 11.6 Å². The summed E-state index contributed by atoms with van der Waals surface area (Å²) in [5, 5.41) is 7.23. The lowest BCUT2D eigenvalue weighted by Crippen LogP contribution is -2.23. The van der Waals surface area contributed by atoms with E-state index in [2.05, 4.69) is 10.4 Å². The molecule has 1 N–H and O–H groups in total. The van der Waals surface area contributed by atoms with E-state index in [1.807, 2.05) is 6.92 Å². The number of methoxy groups -OCH3 is 1. The lowest BCUT2D eigenvalue weighted by Gasteiger charge is -2.20. The Morgan fingerprint density at radius 1 is 1.40 bits per heavy atom. The molecule has 6 heteroatoms. The smallest absolute Gasteiger partial charge is 0.161 e. The van der Waals surface area contributed by atoms with Gasteiger partial charge in [0, 0.05) is 18.2 Å². The largest absolute Gasteiger partial charge is 0.493 e. The van der Waals surface area contributed by atoms with Crippen LogP contribution in [0.1, 0.15) is 24.2 Å². The summed E-state index contributed by atoms with van der Waals surface area (Å²) in [5.41, 5.74) is 1.06. The van der Waals surface area contributed by atoms with E-state index in [1.54, 1.807) is 17.9 Å². The van der Waals surface area contributed by atoms with Gasteiger partial charge >= 0.3 is 0 Å². The third-order valence-corrected chi connectivity index (χ3v) is 3.20. The third kappa shape index (κ3) is 2.51. The molecule has 108 valence electrons. The van der Waals surface area contributed by atoms with Crippen LogP contribution in [0.3, 0.4) is 0 Å². The maximum absolute atomic E-state index is 14.0. The van der Waals surface area contributed by atoms with Gasteiger partial charge in [-0.25, -0.2) is 8.78 Å². The van der Waals surface area contributed by atoms with Crippen molar-refractivity contribution in [3.8, 4) is 5.75 Å². The first-order valence-corrected chi connectivity index (χ1v) is 6.34. The summed E-state index contributed by atoms with van der Waals surface area (Å²) in [6, 6.07) is 3.08. The van der Waals surface area contributed by atoms with E-state index in [-0.39, 0.29) is 0 Å². The predicted octanol–water partition coefficient (Wildman–Crippen LogP) is 2.50. The maximum atomic E-state index is 14.0. The third-order valence-electron chi connectivity index (χ3n) is 3.20. The van der Waals surface area contributed by atoms with Crippen LogP contribution in [-0.2, 0) is 6.54 Å². The molecule has 1 aromatic heterocycles. The van der Waals surface area contributed by atoms with E-state index in [1.165, 1.54) is 19.2 Å². The first-order valence-electron chi connectivity index (χ1n) is 6.34. The van der Waals surface area contributed by atoms with E-state index in [0.717, 1.165) is 6.07 Å². The number of nitrogens with zero attached hydrogens (tertiary/aromatic N) is 2. The molecule has 0 aliphatic heterocycles. The molecule has 2 rings (SSSR count). The average molecular weight is 281 g/mol. The molecule has 2 aromatic rings. The van der Waals surface area contributed by atoms with Gasteiger partial charge in [0.05, 0.1) is 19.3 Å². The molecule has 0 radical (unpaired) electrons. The molecule has 1 aromatic carbocycles. The van der Waals surface area contributed by atoms with E-state index in [9.17, 15) is 8.78 Å². The molecule has 4 nitrogen and oxygen atoms in total. The molecule has 0 amide bonds.